The van der Waals surface area contributed by atoms with Crippen LogP contribution in [0.4, 0.5) is 0 Å². The highest BCUT2D eigenvalue weighted by Gasteiger charge is 2.30. The van der Waals surface area contributed by atoms with Gasteiger partial charge in [-0.25, -0.2) is 0 Å². The maximum absolute atomic E-state index is 6.24. The zero-order valence-electron chi connectivity index (χ0n) is 20.3. The van der Waals surface area contributed by atoms with Crippen molar-refractivity contribution >= 4 is 0 Å². The Morgan fingerprint density at radius 3 is 1.59 bits per heavy atom. The minimum absolute atomic E-state index is 0.589. The van der Waals surface area contributed by atoms with Gasteiger partial charge in [0.15, 0.2) is 0 Å². The van der Waals surface area contributed by atoms with Crippen LogP contribution in [-0.2, 0) is 4.74 Å². The summed E-state index contributed by atoms with van der Waals surface area (Å²) in [7, 11) is 0. The van der Waals surface area contributed by atoms with E-state index < -0.39 is 0 Å². The Morgan fingerprint density at radius 1 is 0.517 bits per heavy atom. The predicted molar refractivity (Wildman–Crippen MR) is 129 cm³/mol. The highest BCUT2D eigenvalue weighted by molar-refractivity contribution is 4.82. The largest absolute Gasteiger partial charge is 0.378 e. The van der Waals surface area contributed by atoms with Crippen LogP contribution in [0.2, 0.25) is 0 Å². The van der Waals surface area contributed by atoms with Crippen LogP contribution in [0.1, 0.15) is 149 Å². The van der Waals surface area contributed by atoms with E-state index in [4.69, 9.17) is 4.74 Å². The molecule has 1 nitrogen and oxygen atoms in total. The first kappa shape index (κ1) is 25.2. The third-order valence-electron chi connectivity index (χ3n) is 8.09. The van der Waals surface area contributed by atoms with Crippen LogP contribution in [0.5, 0.6) is 0 Å². The highest BCUT2D eigenvalue weighted by Crippen LogP contribution is 2.41. The molecule has 0 atom stereocenters. The quantitative estimate of drug-likeness (QED) is 0.232. The fraction of sp³-hybridized carbons (Fsp3) is 1.00. The van der Waals surface area contributed by atoms with Crippen molar-refractivity contribution in [3.63, 3.8) is 0 Å². The van der Waals surface area contributed by atoms with E-state index >= 15 is 0 Å². The van der Waals surface area contributed by atoms with Crippen molar-refractivity contribution in [2.24, 2.45) is 17.8 Å². The fourth-order valence-electron chi connectivity index (χ4n) is 6.02. The molecular weight excluding hydrogens is 352 g/mol. The summed E-state index contributed by atoms with van der Waals surface area (Å²) in [5.41, 5.74) is 0. The number of ether oxygens (including phenoxy) is 1. The van der Waals surface area contributed by atoms with Crippen molar-refractivity contribution in [1.29, 1.82) is 0 Å². The van der Waals surface area contributed by atoms with E-state index in [0.29, 0.717) is 6.10 Å². The van der Waals surface area contributed by atoms with Gasteiger partial charge in [0.1, 0.15) is 0 Å². The van der Waals surface area contributed by atoms with Crippen molar-refractivity contribution in [3.05, 3.63) is 0 Å². The standard InChI is InChI=1S/C28H54O/c1-3-5-7-9-10-12-14-24-29-28-22-20-27(21-23-28)26-18-16-25(17-19-26)15-13-11-8-6-4-2/h25-28H,3-24H2,1-2H3/t25-,26-,27-,28-. The molecule has 0 unspecified atom stereocenters. The molecule has 29 heavy (non-hydrogen) atoms. The number of hydrogen-bond donors (Lipinski definition) is 0. The predicted octanol–water partition coefficient (Wildman–Crippen LogP) is 9.48. The van der Waals surface area contributed by atoms with E-state index in [1.807, 2.05) is 0 Å². The van der Waals surface area contributed by atoms with Gasteiger partial charge in [0.05, 0.1) is 6.10 Å². The van der Waals surface area contributed by atoms with Crippen LogP contribution < -0.4 is 0 Å². The van der Waals surface area contributed by atoms with Gasteiger partial charge in [0.25, 0.3) is 0 Å². The van der Waals surface area contributed by atoms with Gasteiger partial charge < -0.3 is 4.74 Å². The summed E-state index contributed by atoms with van der Waals surface area (Å²) >= 11 is 0. The van der Waals surface area contributed by atoms with Crippen LogP contribution in [0, 0.1) is 17.8 Å². The molecule has 2 aliphatic rings. The number of hydrogen-bond acceptors (Lipinski definition) is 1. The van der Waals surface area contributed by atoms with Gasteiger partial charge in [-0.15, -0.1) is 0 Å². The van der Waals surface area contributed by atoms with Crippen LogP contribution in [0.3, 0.4) is 0 Å². The Bertz CT molecular complexity index is 349. The van der Waals surface area contributed by atoms with E-state index in [1.54, 1.807) is 0 Å². The molecule has 2 saturated carbocycles. The minimum Gasteiger partial charge on any atom is -0.378 e. The van der Waals surface area contributed by atoms with Gasteiger partial charge in [-0.05, 0) is 62.7 Å². The lowest BCUT2D eigenvalue weighted by Gasteiger charge is -2.38. The van der Waals surface area contributed by atoms with E-state index in [1.165, 1.54) is 135 Å². The third-order valence-corrected chi connectivity index (χ3v) is 8.09. The lowest BCUT2D eigenvalue weighted by atomic mass is 9.70. The summed E-state index contributed by atoms with van der Waals surface area (Å²) in [6.07, 6.45) is 30.8. The van der Waals surface area contributed by atoms with E-state index in [9.17, 15) is 0 Å². The topological polar surface area (TPSA) is 9.23 Å². The normalized spacial score (nSPS) is 27.9. The molecule has 2 fully saturated rings. The van der Waals surface area contributed by atoms with Crippen molar-refractivity contribution < 1.29 is 4.74 Å². The van der Waals surface area contributed by atoms with Gasteiger partial charge in [0, 0.05) is 6.61 Å². The molecular formula is C28H54O. The summed E-state index contributed by atoms with van der Waals surface area (Å²) in [4.78, 5) is 0. The Balaban J connectivity index is 1.44. The zero-order chi connectivity index (χ0) is 20.6. The fourth-order valence-corrected chi connectivity index (χ4v) is 6.02. The van der Waals surface area contributed by atoms with Crippen LogP contribution in [-0.4, -0.2) is 12.7 Å². The average molecular weight is 407 g/mol. The lowest BCUT2D eigenvalue weighted by Crippen LogP contribution is -2.28. The second-order valence-corrected chi connectivity index (χ2v) is 10.5. The second kappa shape index (κ2) is 16.6. The first-order valence-corrected chi connectivity index (χ1v) is 13.9. The first-order chi connectivity index (χ1) is 14.3. The molecule has 0 radical (unpaired) electrons. The number of unbranched alkanes of at least 4 members (excludes halogenated alkanes) is 10. The second-order valence-electron chi connectivity index (χ2n) is 10.5. The molecule has 0 aromatic heterocycles. The van der Waals surface area contributed by atoms with Gasteiger partial charge in [-0.3, -0.25) is 0 Å². The Kier molecular flexibility index (Phi) is 14.5. The van der Waals surface area contributed by atoms with Gasteiger partial charge in [0.2, 0.25) is 0 Å². The lowest BCUT2D eigenvalue weighted by molar-refractivity contribution is 0.00526. The molecule has 0 aromatic rings. The van der Waals surface area contributed by atoms with E-state index in [-0.39, 0.29) is 0 Å². The summed E-state index contributed by atoms with van der Waals surface area (Å²) in [5.74, 6) is 3.14. The van der Waals surface area contributed by atoms with Gasteiger partial charge in [-0.1, -0.05) is 104 Å². The summed E-state index contributed by atoms with van der Waals surface area (Å²) in [6.45, 7) is 5.63. The van der Waals surface area contributed by atoms with Crippen LogP contribution in [0.25, 0.3) is 0 Å². The molecule has 0 bridgehead atoms. The molecule has 1 heteroatoms. The first-order valence-electron chi connectivity index (χ1n) is 13.9. The third kappa shape index (κ3) is 11.2. The van der Waals surface area contributed by atoms with Crippen molar-refractivity contribution in [2.45, 2.75) is 155 Å². The molecule has 0 saturated heterocycles. The Hall–Kier alpha value is -0.0400. The summed E-state index contributed by atoms with van der Waals surface area (Å²) in [5, 5.41) is 0. The maximum Gasteiger partial charge on any atom is 0.0575 e. The van der Waals surface area contributed by atoms with E-state index in [2.05, 4.69) is 13.8 Å². The van der Waals surface area contributed by atoms with E-state index in [0.717, 1.165) is 24.4 Å². The zero-order valence-corrected chi connectivity index (χ0v) is 20.3. The minimum atomic E-state index is 0.589. The molecule has 0 heterocycles. The molecule has 2 aliphatic carbocycles. The molecule has 0 spiro atoms. The smallest absolute Gasteiger partial charge is 0.0575 e. The number of rotatable bonds is 16. The molecule has 0 aliphatic heterocycles. The molecule has 0 N–H and O–H groups in total. The Morgan fingerprint density at radius 2 is 1.00 bits per heavy atom. The molecule has 0 aromatic carbocycles. The SMILES string of the molecule is CCCCCCCCCO[C@H]1CC[C@H]([C@H]2CC[C@H](CCCCCCC)CC2)CC1. The highest BCUT2D eigenvalue weighted by atomic mass is 16.5. The van der Waals surface area contributed by atoms with Crippen molar-refractivity contribution in [3.8, 4) is 0 Å². The Labute approximate surface area is 184 Å². The van der Waals surface area contributed by atoms with Crippen molar-refractivity contribution in [1.82, 2.24) is 0 Å². The summed E-state index contributed by atoms with van der Waals surface area (Å²) in [6, 6.07) is 0. The molecule has 172 valence electrons. The average Bonchev–Trinajstić information content (AvgIpc) is 2.76. The molecule has 2 rings (SSSR count). The van der Waals surface area contributed by atoms with Crippen molar-refractivity contribution in [2.75, 3.05) is 6.61 Å². The molecule has 0 amide bonds. The summed E-state index contributed by atoms with van der Waals surface area (Å²) < 4.78 is 6.24. The van der Waals surface area contributed by atoms with Gasteiger partial charge >= 0.3 is 0 Å². The maximum atomic E-state index is 6.24. The van der Waals surface area contributed by atoms with Crippen LogP contribution >= 0.6 is 0 Å². The van der Waals surface area contributed by atoms with Gasteiger partial charge in [-0.2, -0.15) is 0 Å². The van der Waals surface area contributed by atoms with Crippen LogP contribution in [0.15, 0.2) is 0 Å². The monoisotopic (exact) mass is 406 g/mol.